The first kappa shape index (κ1) is 25.3. The van der Waals surface area contributed by atoms with E-state index < -0.39 is 5.97 Å². The molecule has 1 amide bonds. The summed E-state index contributed by atoms with van der Waals surface area (Å²) < 4.78 is 6.84. The van der Waals surface area contributed by atoms with Crippen LogP contribution in [0, 0.1) is 0 Å². The Bertz CT molecular complexity index is 1590. The molecule has 0 aliphatic heterocycles. The van der Waals surface area contributed by atoms with Gasteiger partial charge in [0.1, 0.15) is 0 Å². The van der Waals surface area contributed by atoms with E-state index >= 15 is 0 Å². The second-order valence-corrected chi connectivity index (χ2v) is 9.64. The maximum absolute atomic E-state index is 13.5. The first-order valence-corrected chi connectivity index (χ1v) is 12.7. The van der Waals surface area contributed by atoms with E-state index in [1.54, 1.807) is 18.2 Å². The Morgan fingerprint density at radius 2 is 1.58 bits per heavy atom. The SMILES string of the molecule is COC(=O)c1ccc([C@H](C)NC(=O)c2cc(Cl)cc3ccn(Cc4ccc(-c5ccccc5)cc4)c23)cc1. The molecular formula is C32H27ClN2O3. The summed E-state index contributed by atoms with van der Waals surface area (Å²) in [6.45, 7) is 2.52. The fourth-order valence-corrected chi connectivity index (χ4v) is 4.86. The highest BCUT2D eigenvalue weighted by atomic mass is 35.5. The van der Waals surface area contributed by atoms with Gasteiger partial charge >= 0.3 is 5.97 Å². The van der Waals surface area contributed by atoms with E-state index in [1.165, 1.54) is 12.7 Å². The summed E-state index contributed by atoms with van der Waals surface area (Å²) in [5.41, 5.74) is 6.13. The maximum Gasteiger partial charge on any atom is 0.337 e. The lowest BCUT2D eigenvalue weighted by Crippen LogP contribution is -2.27. The molecule has 4 aromatic carbocycles. The van der Waals surface area contributed by atoms with Crippen LogP contribution in [-0.2, 0) is 11.3 Å². The molecule has 0 spiro atoms. The minimum Gasteiger partial charge on any atom is -0.465 e. The van der Waals surface area contributed by atoms with Gasteiger partial charge in [-0.15, -0.1) is 0 Å². The van der Waals surface area contributed by atoms with E-state index in [0.29, 0.717) is 22.7 Å². The third-order valence-corrected chi connectivity index (χ3v) is 6.88. The van der Waals surface area contributed by atoms with Crippen molar-refractivity contribution in [2.24, 2.45) is 0 Å². The number of carbonyl (C=O) groups is 2. The molecule has 5 aromatic rings. The topological polar surface area (TPSA) is 60.3 Å². The summed E-state index contributed by atoms with van der Waals surface area (Å²) >= 11 is 6.39. The van der Waals surface area contributed by atoms with Crippen LogP contribution in [0.25, 0.3) is 22.0 Å². The van der Waals surface area contributed by atoms with Gasteiger partial charge in [0, 0.05) is 23.2 Å². The molecule has 0 bridgehead atoms. The molecule has 5 nitrogen and oxygen atoms in total. The number of hydrogen-bond donors (Lipinski definition) is 1. The van der Waals surface area contributed by atoms with Crippen LogP contribution in [0.5, 0.6) is 0 Å². The van der Waals surface area contributed by atoms with Crippen LogP contribution in [0.4, 0.5) is 0 Å². The van der Waals surface area contributed by atoms with Crippen LogP contribution in [0.3, 0.4) is 0 Å². The molecule has 5 rings (SSSR count). The molecule has 1 N–H and O–H groups in total. The number of ether oxygens (including phenoxy) is 1. The number of halogens is 1. The quantitative estimate of drug-likeness (QED) is 0.228. The lowest BCUT2D eigenvalue weighted by Gasteiger charge is -2.17. The lowest BCUT2D eigenvalue weighted by atomic mass is 10.0. The fourth-order valence-electron chi connectivity index (χ4n) is 4.63. The van der Waals surface area contributed by atoms with Crippen molar-refractivity contribution in [3.63, 3.8) is 0 Å². The smallest absolute Gasteiger partial charge is 0.337 e. The molecule has 38 heavy (non-hydrogen) atoms. The predicted octanol–water partition coefficient (Wildman–Crippen LogP) is 7.29. The van der Waals surface area contributed by atoms with E-state index in [0.717, 1.165) is 27.6 Å². The molecule has 0 saturated carbocycles. The highest BCUT2D eigenvalue weighted by Crippen LogP contribution is 2.28. The average molecular weight is 523 g/mol. The number of hydrogen-bond acceptors (Lipinski definition) is 3. The predicted molar refractivity (Wildman–Crippen MR) is 152 cm³/mol. The number of nitrogens with zero attached hydrogens (tertiary/aromatic N) is 1. The molecule has 0 aliphatic carbocycles. The summed E-state index contributed by atoms with van der Waals surface area (Å²) in [5, 5.41) is 4.48. The highest BCUT2D eigenvalue weighted by Gasteiger charge is 2.18. The highest BCUT2D eigenvalue weighted by molar-refractivity contribution is 6.32. The van der Waals surface area contributed by atoms with Gasteiger partial charge in [-0.2, -0.15) is 0 Å². The number of fused-ring (bicyclic) bond motifs is 1. The third-order valence-electron chi connectivity index (χ3n) is 6.66. The Balaban J connectivity index is 1.39. The molecule has 0 radical (unpaired) electrons. The van der Waals surface area contributed by atoms with Gasteiger partial charge in [-0.05, 0) is 59.5 Å². The number of benzene rings is 4. The molecule has 190 valence electrons. The van der Waals surface area contributed by atoms with Crippen molar-refractivity contribution in [3.05, 3.63) is 131 Å². The standard InChI is InChI=1S/C32H27ClN2O3/c1-21(23-12-14-26(15-13-23)32(37)38-2)34-31(36)29-19-28(33)18-27-16-17-35(30(27)29)20-22-8-10-25(11-9-22)24-6-4-3-5-7-24/h3-19,21H,20H2,1-2H3,(H,34,36)/t21-/m0/s1. The number of methoxy groups -OCH3 is 1. The van der Waals surface area contributed by atoms with Crippen molar-refractivity contribution < 1.29 is 14.3 Å². The summed E-state index contributed by atoms with van der Waals surface area (Å²) in [4.78, 5) is 25.2. The van der Waals surface area contributed by atoms with Gasteiger partial charge in [-0.1, -0.05) is 78.3 Å². The van der Waals surface area contributed by atoms with Crippen molar-refractivity contribution in [1.82, 2.24) is 9.88 Å². The van der Waals surface area contributed by atoms with Gasteiger partial charge < -0.3 is 14.6 Å². The van der Waals surface area contributed by atoms with Gasteiger partial charge in [-0.3, -0.25) is 4.79 Å². The van der Waals surface area contributed by atoms with E-state index in [1.807, 2.05) is 55.6 Å². The second-order valence-electron chi connectivity index (χ2n) is 9.21. The molecular weight excluding hydrogens is 496 g/mol. The van der Waals surface area contributed by atoms with Crippen LogP contribution in [-0.4, -0.2) is 23.6 Å². The maximum atomic E-state index is 13.5. The Morgan fingerprint density at radius 1 is 0.895 bits per heavy atom. The number of carbonyl (C=O) groups excluding carboxylic acids is 2. The van der Waals surface area contributed by atoms with Crippen molar-refractivity contribution in [1.29, 1.82) is 0 Å². The van der Waals surface area contributed by atoms with Gasteiger partial charge in [0.2, 0.25) is 0 Å². The second kappa shape index (κ2) is 11.0. The number of esters is 1. The Morgan fingerprint density at radius 3 is 2.26 bits per heavy atom. The summed E-state index contributed by atoms with van der Waals surface area (Å²) in [7, 11) is 1.35. The molecule has 1 atom stereocenters. The molecule has 0 aliphatic rings. The largest absolute Gasteiger partial charge is 0.465 e. The zero-order valence-electron chi connectivity index (χ0n) is 21.1. The van der Waals surface area contributed by atoms with Crippen molar-refractivity contribution in [3.8, 4) is 11.1 Å². The van der Waals surface area contributed by atoms with Gasteiger partial charge in [0.15, 0.2) is 0 Å². The van der Waals surface area contributed by atoms with E-state index in [2.05, 4.69) is 46.3 Å². The number of aromatic nitrogens is 1. The third kappa shape index (κ3) is 5.34. The van der Waals surface area contributed by atoms with Crippen LogP contribution in [0.15, 0.2) is 103 Å². The first-order chi connectivity index (χ1) is 18.4. The van der Waals surface area contributed by atoms with Crippen LogP contribution in [0.1, 0.15) is 44.8 Å². The summed E-state index contributed by atoms with van der Waals surface area (Å²) in [6, 6.07) is 31.0. The lowest BCUT2D eigenvalue weighted by molar-refractivity contribution is 0.0600. The molecule has 0 unspecified atom stereocenters. The Hall–Kier alpha value is -4.35. The zero-order chi connectivity index (χ0) is 26.6. The average Bonchev–Trinajstić information content (AvgIpc) is 3.35. The fraction of sp³-hybridized carbons (Fsp3) is 0.125. The molecule has 0 saturated heterocycles. The summed E-state index contributed by atoms with van der Waals surface area (Å²) in [6.07, 6.45) is 1.98. The first-order valence-electron chi connectivity index (χ1n) is 12.3. The number of rotatable bonds is 7. The van der Waals surface area contributed by atoms with Crippen molar-refractivity contribution >= 4 is 34.4 Å². The van der Waals surface area contributed by atoms with Crippen molar-refractivity contribution in [2.45, 2.75) is 19.5 Å². The summed E-state index contributed by atoms with van der Waals surface area (Å²) in [5.74, 6) is -0.619. The van der Waals surface area contributed by atoms with Gasteiger partial charge in [0.25, 0.3) is 5.91 Å². The van der Waals surface area contributed by atoms with Gasteiger partial charge in [-0.25, -0.2) is 4.79 Å². The van der Waals surface area contributed by atoms with E-state index in [-0.39, 0.29) is 11.9 Å². The van der Waals surface area contributed by atoms with Crippen LogP contribution >= 0.6 is 11.6 Å². The van der Waals surface area contributed by atoms with E-state index in [9.17, 15) is 9.59 Å². The Kier molecular flexibility index (Phi) is 7.29. The van der Waals surface area contributed by atoms with Gasteiger partial charge in [0.05, 0.1) is 29.8 Å². The monoisotopic (exact) mass is 522 g/mol. The Labute approximate surface area is 226 Å². The molecule has 0 fully saturated rings. The van der Waals surface area contributed by atoms with E-state index in [4.69, 9.17) is 16.3 Å². The molecule has 6 heteroatoms. The minimum atomic E-state index is -0.398. The van der Waals surface area contributed by atoms with Crippen LogP contribution in [0.2, 0.25) is 5.02 Å². The van der Waals surface area contributed by atoms with Crippen LogP contribution < -0.4 is 5.32 Å². The minimum absolute atomic E-state index is 0.221. The normalized spacial score (nSPS) is 11.8. The zero-order valence-corrected chi connectivity index (χ0v) is 21.9. The number of amides is 1. The number of nitrogens with one attached hydrogen (secondary N) is 1. The molecule has 1 heterocycles. The molecule has 1 aromatic heterocycles. The van der Waals surface area contributed by atoms with Crippen molar-refractivity contribution in [2.75, 3.05) is 7.11 Å².